The van der Waals surface area contributed by atoms with Gasteiger partial charge in [-0.1, -0.05) is 18.9 Å². The highest BCUT2D eigenvalue weighted by Crippen LogP contribution is 2.28. The van der Waals surface area contributed by atoms with Crippen LogP contribution in [0.2, 0.25) is 0 Å². The fourth-order valence-electron chi connectivity index (χ4n) is 4.11. The van der Waals surface area contributed by atoms with E-state index in [1.165, 1.54) is 12.8 Å². The highest BCUT2D eigenvalue weighted by molar-refractivity contribution is 6.04. The minimum absolute atomic E-state index is 0.0351. The highest BCUT2D eigenvalue weighted by atomic mass is 16.5. The number of nitrogens with one attached hydrogen (secondary N) is 1. The number of hydrogen-bond donors (Lipinski definition) is 1. The van der Waals surface area contributed by atoms with Crippen molar-refractivity contribution in [2.24, 2.45) is 0 Å². The van der Waals surface area contributed by atoms with E-state index in [9.17, 15) is 9.59 Å². The Labute approximate surface area is 170 Å². The summed E-state index contributed by atoms with van der Waals surface area (Å²) < 4.78 is 5.28. The Balaban J connectivity index is 1.42. The second-order valence-electron chi connectivity index (χ2n) is 7.61. The summed E-state index contributed by atoms with van der Waals surface area (Å²) in [5, 5.41) is 2.84. The second-order valence-corrected chi connectivity index (χ2v) is 7.61. The van der Waals surface area contributed by atoms with Crippen LogP contribution in [0, 0.1) is 6.92 Å². The summed E-state index contributed by atoms with van der Waals surface area (Å²) in [6, 6.07) is 9.29. The van der Waals surface area contributed by atoms with E-state index in [0.29, 0.717) is 35.4 Å². The van der Waals surface area contributed by atoms with Crippen molar-refractivity contribution in [3.8, 4) is 5.75 Å². The topological polar surface area (TPSA) is 74.8 Å². The number of pyridine rings is 1. The number of nitrogens with zero attached hydrogens (tertiary/aromatic N) is 3. The molecule has 1 saturated heterocycles. The van der Waals surface area contributed by atoms with Crippen molar-refractivity contribution < 1.29 is 14.3 Å². The molecule has 0 radical (unpaired) electrons. The van der Waals surface area contributed by atoms with Gasteiger partial charge >= 0.3 is 6.03 Å². The van der Waals surface area contributed by atoms with Gasteiger partial charge in [0.05, 0.1) is 19.0 Å². The molecule has 2 aliphatic rings. The van der Waals surface area contributed by atoms with E-state index in [4.69, 9.17) is 4.74 Å². The summed E-state index contributed by atoms with van der Waals surface area (Å²) in [6.45, 7) is 3.33. The molecule has 2 fully saturated rings. The SMILES string of the molecule is COc1cc(C(=O)Nc2ccc(N3CCN(C4CCCC4)C3=O)nc2)ccc1C. The first-order valence-corrected chi connectivity index (χ1v) is 10.1. The predicted octanol–water partition coefficient (Wildman–Crippen LogP) is 3.84. The molecule has 1 saturated carbocycles. The molecular formula is C22H26N4O3. The fourth-order valence-corrected chi connectivity index (χ4v) is 4.11. The van der Waals surface area contributed by atoms with Gasteiger partial charge in [0, 0.05) is 24.7 Å². The number of hydrogen-bond acceptors (Lipinski definition) is 4. The van der Waals surface area contributed by atoms with Crippen LogP contribution in [0.3, 0.4) is 0 Å². The van der Waals surface area contributed by atoms with Crippen LogP contribution in [-0.4, -0.2) is 48.1 Å². The fraction of sp³-hybridized carbons (Fsp3) is 0.409. The lowest BCUT2D eigenvalue weighted by Crippen LogP contribution is -2.38. The summed E-state index contributed by atoms with van der Waals surface area (Å²) in [5.74, 6) is 1.05. The van der Waals surface area contributed by atoms with Crippen LogP contribution < -0.4 is 15.0 Å². The molecular weight excluding hydrogens is 368 g/mol. The maximum Gasteiger partial charge on any atom is 0.326 e. The van der Waals surface area contributed by atoms with Crippen LogP contribution in [0.4, 0.5) is 16.3 Å². The first-order chi connectivity index (χ1) is 14.1. The third-order valence-electron chi connectivity index (χ3n) is 5.76. The van der Waals surface area contributed by atoms with E-state index in [1.807, 2.05) is 17.9 Å². The number of carbonyl (C=O) groups is 2. The molecule has 1 N–H and O–H groups in total. The van der Waals surface area contributed by atoms with E-state index >= 15 is 0 Å². The molecule has 0 spiro atoms. The van der Waals surface area contributed by atoms with Crippen LogP contribution in [0.25, 0.3) is 0 Å². The first-order valence-electron chi connectivity index (χ1n) is 10.1. The van der Waals surface area contributed by atoms with Crippen LogP contribution >= 0.6 is 0 Å². The molecule has 152 valence electrons. The number of ether oxygens (including phenoxy) is 1. The van der Waals surface area contributed by atoms with Crippen molar-refractivity contribution in [1.82, 2.24) is 9.88 Å². The Kier molecular flexibility index (Phi) is 5.38. The third-order valence-corrected chi connectivity index (χ3v) is 5.76. The van der Waals surface area contributed by atoms with E-state index in [0.717, 1.165) is 24.9 Å². The smallest absolute Gasteiger partial charge is 0.326 e. The normalized spacial score (nSPS) is 17.1. The lowest BCUT2D eigenvalue weighted by atomic mass is 10.1. The molecule has 2 heterocycles. The van der Waals surface area contributed by atoms with E-state index in [2.05, 4.69) is 10.3 Å². The maximum absolute atomic E-state index is 12.8. The lowest BCUT2D eigenvalue weighted by Gasteiger charge is -2.23. The maximum atomic E-state index is 12.8. The van der Waals surface area contributed by atoms with Gasteiger partial charge in [-0.25, -0.2) is 9.78 Å². The minimum Gasteiger partial charge on any atom is -0.496 e. The standard InChI is InChI=1S/C22H26N4O3/c1-15-7-8-16(13-19(15)29-2)21(27)24-17-9-10-20(23-14-17)26-12-11-25(22(26)28)18-5-3-4-6-18/h7-10,13-14,18H,3-6,11-12H2,1-2H3,(H,24,27). The van der Waals surface area contributed by atoms with Gasteiger partial charge in [0.2, 0.25) is 0 Å². The Morgan fingerprint density at radius 1 is 1.17 bits per heavy atom. The van der Waals surface area contributed by atoms with Crippen molar-refractivity contribution in [2.75, 3.05) is 30.4 Å². The van der Waals surface area contributed by atoms with Crippen molar-refractivity contribution in [3.63, 3.8) is 0 Å². The molecule has 29 heavy (non-hydrogen) atoms. The summed E-state index contributed by atoms with van der Waals surface area (Å²) in [4.78, 5) is 33.4. The summed E-state index contributed by atoms with van der Waals surface area (Å²) in [6.07, 6.45) is 6.19. The summed E-state index contributed by atoms with van der Waals surface area (Å²) >= 11 is 0. The molecule has 1 aromatic carbocycles. The molecule has 2 aromatic rings. The van der Waals surface area contributed by atoms with Crippen molar-refractivity contribution in [2.45, 2.75) is 38.6 Å². The molecule has 3 amide bonds. The van der Waals surface area contributed by atoms with Gasteiger partial charge in [-0.2, -0.15) is 0 Å². The Morgan fingerprint density at radius 3 is 2.66 bits per heavy atom. The Bertz CT molecular complexity index is 907. The van der Waals surface area contributed by atoms with Crippen LogP contribution in [-0.2, 0) is 0 Å². The number of rotatable bonds is 5. The molecule has 1 aliphatic carbocycles. The van der Waals surface area contributed by atoms with E-state index in [-0.39, 0.29) is 11.9 Å². The first kappa shape index (κ1) is 19.2. The van der Waals surface area contributed by atoms with E-state index < -0.39 is 0 Å². The summed E-state index contributed by atoms with van der Waals surface area (Å²) in [5.41, 5.74) is 2.06. The number of urea groups is 1. The number of anilines is 2. The van der Waals surface area contributed by atoms with Crippen LogP contribution in [0.1, 0.15) is 41.6 Å². The third kappa shape index (κ3) is 3.90. The number of methoxy groups -OCH3 is 1. The number of benzene rings is 1. The molecule has 1 aliphatic heterocycles. The average Bonchev–Trinajstić information content (AvgIpc) is 3.38. The Hall–Kier alpha value is -3.09. The Morgan fingerprint density at radius 2 is 1.97 bits per heavy atom. The zero-order valence-electron chi connectivity index (χ0n) is 16.9. The van der Waals surface area contributed by atoms with Crippen molar-refractivity contribution in [3.05, 3.63) is 47.7 Å². The molecule has 7 nitrogen and oxygen atoms in total. The second kappa shape index (κ2) is 8.11. The van der Waals surface area contributed by atoms with Crippen LogP contribution in [0.15, 0.2) is 36.5 Å². The van der Waals surface area contributed by atoms with Gasteiger partial charge in [-0.15, -0.1) is 0 Å². The number of carbonyl (C=O) groups excluding carboxylic acids is 2. The zero-order valence-corrected chi connectivity index (χ0v) is 16.9. The van der Waals surface area contributed by atoms with Crippen molar-refractivity contribution >= 4 is 23.4 Å². The molecule has 0 atom stereocenters. The predicted molar refractivity (Wildman–Crippen MR) is 112 cm³/mol. The van der Waals surface area contributed by atoms with Gasteiger partial charge < -0.3 is 15.0 Å². The van der Waals surface area contributed by atoms with Gasteiger partial charge in [0.25, 0.3) is 5.91 Å². The molecule has 7 heteroatoms. The van der Waals surface area contributed by atoms with Crippen LogP contribution in [0.5, 0.6) is 5.75 Å². The minimum atomic E-state index is -0.234. The van der Waals surface area contributed by atoms with Crippen molar-refractivity contribution in [1.29, 1.82) is 0 Å². The molecule has 1 aromatic heterocycles. The monoisotopic (exact) mass is 394 g/mol. The zero-order chi connectivity index (χ0) is 20.4. The molecule has 0 unspecified atom stereocenters. The largest absolute Gasteiger partial charge is 0.496 e. The number of amides is 3. The average molecular weight is 394 g/mol. The number of aromatic nitrogens is 1. The molecule has 4 rings (SSSR count). The van der Waals surface area contributed by atoms with Gasteiger partial charge in [0.15, 0.2) is 0 Å². The van der Waals surface area contributed by atoms with E-state index in [1.54, 1.807) is 42.5 Å². The van der Waals surface area contributed by atoms with Gasteiger partial charge in [-0.3, -0.25) is 9.69 Å². The highest BCUT2D eigenvalue weighted by Gasteiger charge is 2.36. The molecule has 0 bridgehead atoms. The number of aryl methyl sites for hydroxylation is 1. The van der Waals surface area contributed by atoms with Gasteiger partial charge in [-0.05, 0) is 49.6 Å². The lowest BCUT2D eigenvalue weighted by molar-refractivity contribution is 0.102. The van der Waals surface area contributed by atoms with Gasteiger partial charge in [0.1, 0.15) is 11.6 Å². The summed E-state index contributed by atoms with van der Waals surface area (Å²) in [7, 11) is 1.58. The quantitative estimate of drug-likeness (QED) is 0.836.